The zero-order chi connectivity index (χ0) is 19.6. The lowest BCUT2D eigenvalue weighted by Gasteiger charge is -2.10. The lowest BCUT2D eigenvalue weighted by Crippen LogP contribution is -2.27. The third-order valence-corrected chi connectivity index (χ3v) is 5.33. The Bertz CT molecular complexity index is 718. The second-order valence-corrected chi connectivity index (χ2v) is 7.73. The van der Waals surface area contributed by atoms with Gasteiger partial charge in [0, 0.05) is 32.5 Å². The van der Waals surface area contributed by atoms with E-state index >= 15 is 0 Å². The van der Waals surface area contributed by atoms with Gasteiger partial charge < -0.3 is 20.1 Å². The van der Waals surface area contributed by atoms with Crippen molar-refractivity contribution in [1.29, 1.82) is 0 Å². The van der Waals surface area contributed by atoms with Crippen LogP contribution in [0, 0.1) is 0 Å². The highest BCUT2D eigenvalue weighted by Crippen LogP contribution is 2.29. The number of nitrogens with one attached hydrogen (secondary N) is 2. The molecule has 0 heterocycles. The SMILES string of the molecule is COc1ccc(S(=O)(=O)CCC(=O)NCCCCNC(C)=O)cc1OC. The number of methoxy groups -OCH3 is 2. The van der Waals surface area contributed by atoms with Crippen LogP contribution in [0.3, 0.4) is 0 Å². The van der Waals surface area contributed by atoms with Crippen LogP contribution in [0.25, 0.3) is 0 Å². The summed E-state index contributed by atoms with van der Waals surface area (Å²) in [5.74, 6) is 0.0452. The van der Waals surface area contributed by atoms with Gasteiger partial charge in [-0.3, -0.25) is 9.59 Å². The first-order valence-corrected chi connectivity index (χ1v) is 9.91. The summed E-state index contributed by atoms with van der Waals surface area (Å²) in [7, 11) is -0.716. The minimum Gasteiger partial charge on any atom is -0.493 e. The molecule has 1 aromatic carbocycles. The van der Waals surface area contributed by atoms with Gasteiger partial charge in [0.2, 0.25) is 11.8 Å². The number of sulfone groups is 1. The van der Waals surface area contributed by atoms with E-state index in [2.05, 4.69) is 10.6 Å². The first-order chi connectivity index (χ1) is 12.3. The number of carbonyl (C=O) groups excluding carboxylic acids is 2. The van der Waals surface area contributed by atoms with Crippen LogP contribution in [0.1, 0.15) is 26.2 Å². The molecular formula is C17H26N2O6S. The Kier molecular flexibility index (Phi) is 8.91. The zero-order valence-corrected chi connectivity index (χ0v) is 16.1. The number of rotatable bonds is 11. The molecule has 0 saturated heterocycles. The molecule has 0 atom stereocenters. The number of amides is 2. The summed E-state index contributed by atoms with van der Waals surface area (Å²) in [5, 5.41) is 5.34. The molecule has 0 unspecified atom stereocenters. The molecule has 8 nitrogen and oxygen atoms in total. The molecular weight excluding hydrogens is 360 g/mol. The lowest BCUT2D eigenvalue weighted by molar-refractivity contribution is -0.121. The number of carbonyl (C=O) groups is 2. The fourth-order valence-electron chi connectivity index (χ4n) is 2.19. The van der Waals surface area contributed by atoms with Crippen molar-refractivity contribution in [2.75, 3.05) is 33.1 Å². The molecule has 0 aromatic heterocycles. The predicted octanol–water partition coefficient (Wildman–Crippen LogP) is 0.900. The monoisotopic (exact) mass is 386 g/mol. The molecule has 0 aliphatic carbocycles. The van der Waals surface area contributed by atoms with Crippen LogP contribution in [-0.4, -0.2) is 53.3 Å². The normalized spacial score (nSPS) is 10.9. The van der Waals surface area contributed by atoms with Crippen LogP contribution in [0.5, 0.6) is 11.5 Å². The van der Waals surface area contributed by atoms with Crippen molar-refractivity contribution in [2.45, 2.75) is 31.1 Å². The van der Waals surface area contributed by atoms with Gasteiger partial charge in [0.25, 0.3) is 0 Å². The van der Waals surface area contributed by atoms with Gasteiger partial charge in [-0.25, -0.2) is 8.42 Å². The summed E-state index contributed by atoms with van der Waals surface area (Å²) in [6, 6.07) is 4.32. The maximum absolute atomic E-state index is 12.4. The predicted molar refractivity (Wildman–Crippen MR) is 97.1 cm³/mol. The van der Waals surface area contributed by atoms with Gasteiger partial charge in [0.15, 0.2) is 21.3 Å². The Morgan fingerprint density at radius 2 is 1.62 bits per heavy atom. The Labute approximate surface area is 154 Å². The number of ether oxygens (including phenoxy) is 2. The third kappa shape index (κ3) is 7.30. The zero-order valence-electron chi connectivity index (χ0n) is 15.3. The number of unbranched alkanes of at least 4 members (excludes halogenated alkanes) is 1. The van der Waals surface area contributed by atoms with Gasteiger partial charge in [0.05, 0.1) is 24.9 Å². The van der Waals surface area contributed by atoms with Crippen LogP contribution in [0.15, 0.2) is 23.1 Å². The van der Waals surface area contributed by atoms with Crippen molar-refractivity contribution >= 4 is 21.7 Å². The molecule has 1 aromatic rings. The average molecular weight is 386 g/mol. The molecule has 0 aliphatic rings. The minimum absolute atomic E-state index is 0.0817. The first-order valence-electron chi connectivity index (χ1n) is 8.26. The molecule has 9 heteroatoms. The van der Waals surface area contributed by atoms with Crippen molar-refractivity contribution in [2.24, 2.45) is 0 Å². The maximum atomic E-state index is 12.4. The van der Waals surface area contributed by atoms with Gasteiger partial charge in [-0.05, 0) is 25.0 Å². The summed E-state index contributed by atoms with van der Waals surface area (Å²) in [4.78, 5) is 22.6. The number of hydrogen-bond donors (Lipinski definition) is 2. The Morgan fingerprint density at radius 3 is 2.19 bits per heavy atom. The molecule has 0 saturated carbocycles. The van der Waals surface area contributed by atoms with Gasteiger partial charge in [0.1, 0.15) is 0 Å². The molecule has 0 spiro atoms. The van der Waals surface area contributed by atoms with E-state index in [4.69, 9.17) is 9.47 Å². The van der Waals surface area contributed by atoms with Crippen molar-refractivity contribution in [3.63, 3.8) is 0 Å². The van der Waals surface area contributed by atoms with E-state index in [1.54, 1.807) is 0 Å². The summed E-state index contributed by atoms with van der Waals surface area (Å²) >= 11 is 0. The summed E-state index contributed by atoms with van der Waals surface area (Å²) < 4.78 is 34.9. The Balaban J connectivity index is 2.45. The van der Waals surface area contributed by atoms with E-state index in [1.165, 1.54) is 39.3 Å². The fourth-order valence-corrected chi connectivity index (χ4v) is 3.44. The molecule has 0 radical (unpaired) electrons. The van der Waals surface area contributed by atoms with Crippen LogP contribution < -0.4 is 20.1 Å². The minimum atomic E-state index is -3.61. The van der Waals surface area contributed by atoms with Crippen molar-refractivity contribution in [3.05, 3.63) is 18.2 Å². The molecule has 0 fully saturated rings. The summed E-state index contributed by atoms with van der Waals surface area (Å²) in [5.41, 5.74) is 0. The van der Waals surface area contributed by atoms with E-state index < -0.39 is 9.84 Å². The summed E-state index contributed by atoms with van der Waals surface area (Å²) in [6.45, 7) is 2.44. The van der Waals surface area contributed by atoms with E-state index in [0.717, 1.165) is 6.42 Å². The molecule has 1 rings (SSSR count). The van der Waals surface area contributed by atoms with E-state index in [-0.39, 0.29) is 28.9 Å². The topological polar surface area (TPSA) is 111 Å². The van der Waals surface area contributed by atoms with E-state index in [9.17, 15) is 18.0 Å². The molecule has 26 heavy (non-hydrogen) atoms. The largest absolute Gasteiger partial charge is 0.493 e. The number of benzene rings is 1. The fraction of sp³-hybridized carbons (Fsp3) is 0.529. The molecule has 2 N–H and O–H groups in total. The second-order valence-electron chi connectivity index (χ2n) is 5.63. The maximum Gasteiger partial charge on any atom is 0.221 e. The Hall–Kier alpha value is -2.29. The molecule has 0 aliphatic heterocycles. The molecule has 146 valence electrons. The average Bonchev–Trinajstić information content (AvgIpc) is 2.62. The quantitative estimate of drug-likeness (QED) is 0.547. The van der Waals surface area contributed by atoms with E-state index in [1.807, 2.05) is 0 Å². The van der Waals surface area contributed by atoms with Gasteiger partial charge >= 0.3 is 0 Å². The van der Waals surface area contributed by atoms with Crippen molar-refractivity contribution in [1.82, 2.24) is 10.6 Å². The molecule has 0 bridgehead atoms. The highest BCUT2D eigenvalue weighted by Gasteiger charge is 2.18. The van der Waals surface area contributed by atoms with Crippen LogP contribution in [-0.2, 0) is 19.4 Å². The smallest absolute Gasteiger partial charge is 0.221 e. The lowest BCUT2D eigenvalue weighted by atomic mass is 10.3. The van der Waals surface area contributed by atoms with Crippen LogP contribution >= 0.6 is 0 Å². The second kappa shape index (κ2) is 10.6. The Morgan fingerprint density at radius 1 is 1.00 bits per heavy atom. The number of hydrogen-bond acceptors (Lipinski definition) is 6. The first kappa shape index (κ1) is 21.8. The van der Waals surface area contributed by atoms with Crippen LogP contribution in [0.2, 0.25) is 0 Å². The highest BCUT2D eigenvalue weighted by atomic mass is 32.2. The highest BCUT2D eigenvalue weighted by molar-refractivity contribution is 7.91. The van der Waals surface area contributed by atoms with Gasteiger partial charge in [-0.2, -0.15) is 0 Å². The van der Waals surface area contributed by atoms with Crippen LogP contribution in [0.4, 0.5) is 0 Å². The van der Waals surface area contributed by atoms with E-state index in [0.29, 0.717) is 31.0 Å². The van der Waals surface area contributed by atoms with Gasteiger partial charge in [-0.15, -0.1) is 0 Å². The summed E-state index contributed by atoms with van der Waals surface area (Å²) in [6.07, 6.45) is 1.32. The van der Waals surface area contributed by atoms with Gasteiger partial charge in [-0.1, -0.05) is 0 Å². The standard InChI is InChI=1S/C17H26N2O6S/c1-13(20)18-9-4-5-10-19-17(21)8-11-26(22,23)14-6-7-15(24-2)16(12-14)25-3/h6-7,12H,4-5,8-11H2,1-3H3,(H,18,20)(H,19,21). The van der Waals surface area contributed by atoms with Crippen molar-refractivity contribution in [3.8, 4) is 11.5 Å². The molecule has 2 amide bonds. The van der Waals surface area contributed by atoms with Crippen molar-refractivity contribution < 1.29 is 27.5 Å². The third-order valence-electron chi connectivity index (χ3n) is 3.61.